The monoisotopic (exact) mass is 368 g/mol. The molecule has 1 aliphatic heterocycles. The summed E-state index contributed by atoms with van der Waals surface area (Å²) in [5.74, 6) is -2.65. The lowest BCUT2D eigenvalue weighted by molar-refractivity contribution is -0.117. The van der Waals surface area contributed by atoms with Crippen molar-refractivity contribution in [1.82, 2.24) is 0 Å². The molecule has 1 amide bonds. The van der Waals surface area contributed by atoms with E-state index < -0.39 is 33.6 Å². The van der Waals surface area contributed by atoms with Gasteiger partial charge in [-0.05, 0) is 12.1 Å². The molecule has 1 unspecified atom stereocenters. The summed E-state index contributed by atoms with van der Waals surface area (Å²) in [6, 6.07) is 2.59. The molecule has 0 spiro atoms. The largest absolute Gasteiger partial charge is 0.397 e. The minimum absolute atomic E-state index is 0.0500. The van der Waals surface area contributed by atoms with Gasteiger partial charge in [0.15, 0.2) is 0 Å². The van der Waals surface area contributed by atoms with Crippen LogP contribution in [0, 0.1) is 11.7 Å². The summed E-state index contributed by atoms with van der Waals surface area (Å²) in [5.41, 5.74) is 5.63. The number of nitrogen functional groups attached to an aromatic ring is 1. The second-order valence-electron chi connectivity index (χ2n) is 4.61. The van der Waals surface area contributed by atoms with E-state index in [2.05, 4.69) is 15.9 Å². The van der Waals surface area contributed by atoms with E-state index in [4.69, 9.17) is 5.73 Å². The van der Waals surface area contributed by atoms with Crippen LogP contribution in [0.3, 0.4) is 0 Å². The van der Waals surface area contributed by atoms with Crippen molar-refractivity contribution < 1.29 is 21.5 Å². The smallest absolute Gasteiger partial charge is 0.302 e. The molecule has 1 heterocycles. The molecule has 1 atom stereocenters. The first-order valence-corrected chi connectivity index (χ1v) is 7.99. The van der Waals surface area contributed by atoms with Crippen LogP contribution < -0.4 is 10.6 Å². The minimum atomic E-state index is -4.67. The van der Waals surface area contributed by atoms with Gasteiger partial charge in [0, 0.05) is 23.4 Å². The fraction of sp³-hybridized carbons (Fsp3) is 0.364. The molecule has 1 saturated heterocycles. The van der Waals surface area contributed by atoms with Crippen LogP contribution in [-0.2, 0) is 15.0 Å². The van der Waals surface area contributed by atoms with Crippen molar-refractivity contribution in [2.24, 2.45) is 5.92 Å². The molecule has 0 radical (unpaired) electrons. The molecule has 110 valence electrons. The van der Waals surface area contributed by atoms with Crippen LogP contribution in [-0.4, -0.2) is 26.6 Å². The molecule has 2 N–H and O–H groups in total. The lowest BCUT2D eigenvalue weighted by atomic mass is 10.1. The van der Waals surface area contributed by atoms with Gasteiger partial charge in [0.2, 0.25) is 5.91 Å². The van der Waals surface area contributed by atoms with E-state index >= 15 is 0 Å². The Morgan fingerprint density at radius 2 is 2.10 bits per heavy atom. The molecule has 0 bridgehead atoms. The van der Waals surface area contributed by atoms with E-state index in [1.165, 1.54) is 6.07 Å². The SMILES string of the molecule is Nc1cc(Br)cc(F)c1N1CC(CS(=O)(=O)F)CC1=O. The van der Waals surface area contributed by atoms with Crippen LogP contribution in [0.4, 0.5) is 19.7 Å². The maximum atomic E-state index is 13.9. The topological polar surface area (TPSA) is 80.5 Å². The highest BCUT2D eigenvalue weighted by Gasteiger charge is 2.35. The summed E-state index contributed by atoms with van der Waals surface area (Å²) in [7, 11) is -4.67. The number of carbonyl (C=O) groups excluding carboxylic acids is 1. The molecule has 2 rings (SSSR count). The van der Waals surface area contributed by atoms with Gasteiger partial charge in [0.25, 0.3) is 0 Å². The first-order chi connectivity index (χ1) is 9.17. The highest BCUT2D eigenvalue weighted by molar-refractivity contribution is 9.10. The Kier molecular flexibility index (Phi) is 4.01. The van der Waals surface area contributed by atoms with E-state index in [1.807, 2.05) is 0 Å². The van der Waals surface area contributed by atoms with E-state index in [0.717, 1.165) is 11.0 Å². The van der Waals surface area contributed by atoms with Crippen molar-refractivity contribution in [3.63, 3.8) is 0 Å². The van der Waals surface area contributed by atoms with Gasteiger partial charge in [-0.3, -0.25) is 4.79 Å². The Hall–Kier alpha value is -1.22. The molecule has 1 fully saturated rings. The number of rotatable bonds is 3. The third-order valence-corrected chi connectivity index (χ3v) is 4.29. The number of nitrogens with two attached hydrogens (primary N) is 1. The predicted molar refractivity (Wildman–Crippen MR) is 73.9 cm³/mol. The summed E-state index contributed by atoms with van der Waals surface area (Å²) >= 11 is 3.07. The Labute approximate surface area is 123 Å². The van der Waals surface area contributed by atoms with E-state index in [0.29, 0.717) is 4.47 Å². The van der Waals surface area contributed by atoms with Gasteiger partial charge in [-0.15, -0.1) is 3.89 Å². The summed E-state index contributed by atoms with van der Waals surface area (Å²) < 4.78 is 48.2. The zero-order chi connectivity index (χ0) is 15.1. The summed E-state index contributed by atoms with van der Waals surface area (Å²) in [6.07, 6.45) is -0.155. The number of nitrogens with zero attached hydrogens (tertiary/aromatic N) is 1. The molecule has 0 aromatic heterocycles. The van der Waals surface area contributed by atoms with Crippen LogP contribution in [0.15, 0.2) is 16.6 Å². The predicted octanol–water partition coefficient (Wildman–Crippen LogP) is 1.82. The van der Waals surface area contributed by atoms with Gasteiger partial charge in [0.05, 0.1) is 11.4 Å². The standard InChI is InChI=1S/C11H11BrF2N2O3S/c12-7-2-8(13)11(9(15)3-7)16-4-6(1-10(16)17)5-20(14,18)19/h2-3,6H,1,4-5,15H2. The van der Waals surface area contributed by atoms with Gasteiger partial charge < -0.3 is 10.6 Å². The maximum Gasteiger partial charge on any atom is 0.302 e. The second kappa shape index (κ2) is 5.28. The first-order valence-electron chi connectivity index (χ1n) is 5.64. The van der Waals surface area contributed by atoms with Crippen LogP contribution in [0.1, 0.15) is 6.42 Å². The van der Waals surface area contributed by atoms with E-state index in [9.17, 15) is 21.5 Å². The zero-order valence-corrected chi connectivity index (χ0v) is 12.5. The molecule has 1 aromatic carbocycles. The lowest BCUT2D eigenvalue weighted by Crippen LogP contribution is -2.27. The number of benzene rings is 1. The van der Waals surface area contributed by atoms with Crippen molar-refractivity contribution in [3.05, 3.63) is 22.4 Å². The van der Waals surface area contributed by atoms with Crippen LogP contribution >= 0.6 is 15.9 Å². The molecule has 20 heavy (non-hydrogen) atoms. The number of anilines is 2. The maximum absolute atomic E-state index is 13.9. The fourth-order valence-corrected chi connectivity index (χ4v) is 3.50. The molecule has 5 nitrogen and oxygen atoms in total. The van der Waals surface area contributed by atoms with Gasteiger partial charge >= 0.3 is 10.2 Å². The first kappa shape index (κ1) is 15.2. The Bertz CT molecular complexity index is 643. The molecule has 1 aromatic rings. The van der Waals surface area contributed by atoms with Gasteiger partial charge in [-0.2, -0.15) is 8.42 Å². The minimum Gasteiger partial charge on any atom is -0.397 e. The quantitative estimate of drug-likeness (QED) is 0.651. The third-order valence-electron chi connectivity index (χ3n) is 2.97. The van der Waals surface area contributed by atoms with Crippen molar-refractivity contribution in [2.75, 3.05) is 22.9 Å². The molecule has 9 heteroatoms. The average Bonchev–Trinajstić information content (AvgIpc) is 2.55. The van der Waals surface area contributed by atoms with Crippen LogP contribution in [0.2, 0.25) is 0 Å². The molecule has 0 aliphatic carbocycles. The zero-order valence-electron chi connectivity index (χ0n) is 10.1. The van der Waals surface area contributed by atoms with Gasteiger partial charge in [-0.1, -0.05) is 15.9 Å². The second-order valence-corrected chi connectivity index (χ2v) is 6.93. The van der Waals surface area contributed by atoms with E-state index in [-0.39, 0.29) is 24.3 Å². The van der Waals surface area contributed by atoms with Crippen molar-refractivity contribution in [3.8, 4) is 0 Å². The summed E-state index contributed by atoms with van der Waals surface area (Å²) in [5, 5.41) is 0. The normalized spacial score (nSPS) is 19.6. The third kappa shape index (κ3) is 3.26. The Balaban J connectivity index is 2.29. The van der Waals surface area contributed by atoms with Crippen molar-refractivity contribution in [2.45, 2.75) is 6.42 Å². The fourth-order valence-electron chi connectivity index (χ4n) is 2.26. The number of halogens is 3. The highest BCUT2D eigenvalue weighted by Crippen LogP contribution is 2.34. The van der Waals surface area contributed by atoms with E-state index in [1.54, 1.807) is 0 Å². The van der Waals surface area contributed by atoms with Crippen LogP contribution in [0.5, 0.6) is 0 Å². The summed E-state index contributed by atoms with van der Waals surface area (Å²) in [4.78, 5) is 12.9. The van der Waals surface area contributed by atoms with Crippen molar-refractivity contribution >= 4 is 43.4 Å². The number of carbonyl (C=O) groups is 1. The lowest BCUT2D eigenvalue weighted by Gasteiger charge is -2.19. The van der Waals surface area contributed by atoms with Gasteiger partial charge in [-0.25, -0.2) is 4.39 Å². The van der Waals surface area contributed by atoms with Gasteiger partial charge in [0.1, 0.15) is 11.5 Å². The number of amides is 1. The average molecular weight is 369 g/mol. The summed E-state index contributed by atoms with van der Waals surface area (Å²) in [6.45, 7) is -0.0786. The Morgan fingerprint density at radius 3 is 2.65 bits per heavy atom. The molecule has 1 aliphatic rings. The van der Waals surface area contributed by atoms with Crippen LogP contribution in [0.25, 0.3) is 0 Å². The molecular formula is C11H11BrF2N2O3S. The Morgan fingerprint density at radius 1 is 1.45 bits per heavy atom. The molecular weight excluding hydrogens is 358 g/mol. The highest BCUT2D eigenvalue weighted by atomic mass is 79.9. The number of hydrogen-bond donors (Lipinski definition) is 1. The number of hydrogen-bond acceptors (Lipinski definition) is 4. The van der Waals surface area contributed by atoms with Crippen molar-refractivity contribution in [1.29, 1.82) is 0 Å². The molecule has 0 saturated carbocycles.